The molecule has 1 aromatic heterocycles. The van der Waals surface area contributed by atoms with Crippen molar-refractivity contribution >= 4 is 17.4 Å². The van der Waals surface area contributed by atoms with Gasteiger partial charge in [0.2, 0.25) is 0 Å². The largest absolute Gasteiger partial charge is 0.493 e. The van der Waals surface area contributed by atoms with Crippen molar-refractivity contribution in [1.82, 2.24) is 15.3 Å². The third kappa shape index (κ3) is 5.22. The lowest BCUT2D eigenvalue weighted by Crippen LogP contribution is -2.26. The summed E-state index contributed by atoms with van der Waals surface area (Å²) in [7, 11) is 3.19. The molecule has 7 heteroatoms. The fourth-order valence-electron chi connectivity index (χ4n) is 2.81. The van der Waals surface area contributed by atoms with Crippen molar-refractivity contribution in [3.63, 3.8) is 0 Å². The van der Waals surface area contributed by atoms with Gasteiger partial charge in [-0.2, -0.15) is 0 Å². The first-order valence-electron chi connectivity index (χ1n) is 9.24. The Bertz CT molecular complexity index is 974. The molecule has 1 heterocycles. The van der Waals surface area contributed by atoms with Gasteiger partial charge in [-0.15, -0.1) is 0 Å². The summed E-state index contributed by atoms with van der Waals surface area (Å²) in [4.78, 5) is 20.8. The van der Waals surface area contributed by atoms with Crippen molar-refractivity contribution < 1.29 is 14.3 Å². The molecule has 0 saturated heterocycles. The predicted molar refractivity (Wildman–Crippen MR) is 112 cm³/mol. The normalized spacial score (nSPS) is 10.3. The second kappa shape index (κ2) is 9.54. The molecule has 3 rings (SSSR count). The molecular weight excluding hydrogens is 368 g/mol. The van der Waals surface area contributed by atoms with Crippen molar-refractivity contribution in [3.8, 4) is 11.5 Å². The van der Waals surface area contributed by atoms with Gasteiger partial charge in [0.15, 0.2) is 11.5 Å². The number of carbonyl (C=O) groups excluding carboxylic acids is 1. The number of benzene rings is 2. The summed E-state index contributed by atoms with van der Waals surface area (Å²) in [6, 6.07) is 13.6. The maximum atomic E-state index is 12.3. The number of hydrogen-bond acceptors (Lipinski definition) is 6. The number of nitrogens with zero attached hydrogens (tertiary/aromatic N) is 2. The quantitative estimate of drug-likeness (QED) is 0.610. The van der Waals surface area contributed by atoms with Crippen LogP contribution >= 0.6 is 0 Å². The first-order valence-corrected chi connectivity index (χ1v) is 9.24. The number of methoxy groups -OCH3 is 2. The van der Waals surface area contributed by atoms with Crippen LogP contribution in [0.2, 0.25) is 0 Å². The highest BCUT2D eigenvalue weighted by Gasteiger charge is 2.09. The number of amides is 1. The Hall–Kier alpha value is -3.61. The number of carbonyl (C=O) groups is 1. The standard InChI is InChI=1S/C22H24N4O3/c1-15-6-4-5-7-17(15)26-21-14-24-18(13-25-21)22(27)23-11-10-16-8-9-19(28-2)20(12-16)29-3/h4-9,12-14H,10-11H2,1-3H3,(H,23,27)(H,25,26). The SMILES string of the molecule is COc1ccc(CCNC(=O)c2cnc(Nc3ccccc3C)cn2)cc1OC. The van der Waals surface area contributed by atoms with E-state index in [0.29, 0.717) is 30.3 Å². The second-order valence-corrected chi connectivity index (χ2v) is 6.42. The van der Waals surface area contributed by atoms with E-state index >= 15 is 0 Å². The highest BCUT2D eigenvalue weighted by atomic mass is 16.5. The van der Waals surface area contributed by atoms with Gasteiger partial charge in [0.05, 0.1) is 26.6 Å². The van der Waals surface area contributed by atoms with Gasteiger partial charge in [-0.25, -0.2) is 9.97 Å². The van der Waals surface area contributed by atoms with Crippen LogP contribution in [0.3, 0.4) is 0 Å². The van der Waals surface area contributed by atoms with Gasteiger partial charge in [0.1, 0.15) is 11.5 Å². The number of rotatable bonds is 8. The second-order valence-electron chi connectivity index (χ2n) is 6.42. The van der Waals surface area contributed by atoms with Gasteiger partial charge < -0.3 is 20.1 Å². The molecule has 0 unspecified atom stereocenters. The molecule has 1 amide bonds. The zero-order chi connectivity index (χ0) is 20.6. The monoisotopic (exact) mass is 392 g/mol. The van der Waals surface area contributed by atoms with Gasteiger partial charge in [0.25, 0.3) is 5.91 Å². The van der Waals surface area contributed by atoms with E-state index in [1.165, 1.54) is 6.20 Å². The number of aromatic nitrogens is 2. The van der Waals surface area contributed by atoms with Crippen LogP contribution in [0.4, 0.5) is 11.5 Å². The van der Waals surface area contributed by atoms with E-state index in [-0.39, 0.29) is 11.6 Å². The van der Waals surface area contributed by atoms with Crippen molar-refractivity contribution in [2.24, 2.45) is 0 Å². The number of ether oxygens (including phenoxy) is 2. The molecule has 0 radical (unpaired) electrons. The lowest BCUT2D eigenvalue weighted by Gasteiger charge is -2.10. The Morgan fingerprint density at radius 1 is 1.00 bits per heavy atom. The highest BCUT2D eigenvalue weighted by molar-refractivity contribution is 5.92. The molecule has 2 aromatic carbocycles. The summed E-state index contributed by atoms with van der Waals surface area (Å²) in [5, 5.41) is 6.05. The van der Waals surface area contributed by atoms with Crippen molar-refractivity contribution in [1.29, 1.82) is 0 Å². The van der Waals surface area contributed by atoms with E-state index in [0.717, 1.165) is 16.8 Å². The van der Waals surface area contributed by atoms with Gasteiger partial charge in [-0.05, 0) is 42.7 Å². The first-order chi connectivity index (χ1) is 14.1. The molecule has 0 saturated carbocycles. The number of para-hydroxylation sites is 1. The molecule has 150 valence electrons. The third-order valence-corrected chi connectivity index (χ3v) is 4.44. The van der Waals surface area contributed by atoms with Crippen LogP contribution in [0.25, 0.3) is 0 Å². The molecule has 0 aliphatic rings. The molecule has 0 bridgehead atoms. The minimum Gasteiger partial charge on any atom is -0.493 e. The highest BCUT2D eigenvalue weighted by Crippen LogP contribution is 2.27. The van der Waals surface area contributed by atoms with E-state index in [1.807, 2.05) is 49.4 Å². The smallest absolute Gasteiger partial charge is 0.271 e. The summed E-state index contributed by atoms with van der Waals surface area (Å²) in [5.41, 5.74) is 3.36. The van der Waals surface area contributed by atoms with Crippen LogP contribution < -0.4 is 20.1 Å². The number of hydrogen-bond donors (Lipinski definition) is 2. The summed E-state index contributed by atoms with van der Waals surface area (Å²) in [5.74, 6) is 1.66. The number of anilines is 2. The number of nitrogens with one attached hydrogen (secondary N) is 2. The molecule has 7 nitrogen and oxygen atoms in total. The Balaban J connectivity index is 1.54. The average molecular weight is 392 g/mol. The predicted octanol–water partition coefficient (Wildman–Crippen LogP) is 3.52. The van der Waals surface area contributed by atoms with E-state index in [1.54, 1.807) is 20.4 Å². The van der Waals surface area contributed by atoms with Crippen molar-refractivity contribution in [2.45, 2.75) is 13.3 Å². The van der Waals surface area contributed by atoms with Crippen LogP contribution in [0.15, 0.2) is 54.9 Å². The molecule has 0 spiro atoms. The average Bonchev–Trinajstić information content (AvgIpc) is 2.75. The minimum atomic E-state index is -0.264. The van der Waals surface area contributed by atoms with Gasteiger partial charge in [-0.3, -0.25) is 4.79 Å². The lowest BCUT2D eigenvalue weighted by molar-refractivity contribution is 0.0949. The Labute approximate surface area is 170 Å². The minimum absolute atomic E-state index is 0.264. The zero-order valence-electron chi connectivity index (χ0n) is 16.7. The lowest BCUT2D eigenvalue weighted by atomic mass is 10.1. The molecule has 0 atom stereocenters. The summed E-state index contributed by atoms with van der Waals surface area (Å²) >= 11 is 0. The van der Waals surface area contributed by atoms with Crippen molar-refractivity contribution in [2.75, 3.05) is 26.1 Å². The maximum Gasteiger partial charge on any atom is 0.271 e. The van der Waals surface area contributed by atoms with Crippen LogP contribution in [-0.2, 0) is 6.42 Å². The van der Waals surface area contributed by atoms with Gasteiger partial charge >= 0.3 is 0 Å². The summed E-state index contributed by atoms with van der Waals surface area (Å²) < 4.78 is 10.5. The van der Waals surface area contributed by atoms with E-state index in [2.05, 4.69) is 20.6 Å². The Kier molecular flexibility index (Phi) is 6.63. The summed E-state index contributed by atoms with van der Waals surface area (Å²) in [6.07, 6.45) is 3.68. The number of aryl methyl sites for hydroxylation is 1. The van der Waals surface area contributed by atoms with Gasteiger partial charge in [0, 0.05) is 12.2 Å². The fourth-order valence-corrected chi connectivity index (χ4v) is 2.81. The molecule has 0 aliphatic carbocycles. The zero-order valence-corrected chi connectivity index (χ0v) is 16.7. The molecule has 0 fully saturated rings. The molecule has 29 heavy (non-hydrogen) atoms. The fraction of sp³-hybridized carbons (Fsp3) is 0.227. The topological polar surface area (TPSA) is 85.4 Å². The van der Waals surface area contributed by atoms with Crippen LogP contribution in [0.1, 0.15) is 21.6 Å². The molecule has 3 aromatic rings. The van der Waals surface area contributed by atoms with E-state index in [4.69, 9.17) is 9.47 Å². The van der Waals surface area contributed by atoms with Crippen LogP contribution in [0.5, 0.6) is 11.5 Å². The molecule has 0 aliphatic heterocycles. The van der Waals surface area contributed by atoms with E-state index < -0.39 is 0 Å². The van der Waals surface area contributed by atoms with Gasteiger partial charge in [-0.1, -0.05) is 24.3 Å². The Morgan fingerprint density at radius 2 is 1.79 bits per heavy atom. The van der Waals surface area contributed by atoms with Crippen LogP contribution in [0, 0.1) is 6.92 Å². The van der Waals surface area contributed by atoms with Crippen molar-refractivity contribution in [3.05, 3.63) is 71.7 Å². The molecular formula is C22H24N4O3. The molecule has 2 N–H and O–H groups in total. The van der Waals surface area contributed by atoms with E-state index in [9.17, 15) is 4.79 Å². The Morgan fingerprint density at radius 3 is 2.48 bits per heavy atom. The third-order valence-electron chi connectivity index (χ3n) is 4.44. The first kappa shape index (κ1) is 20.1. The van der Waals surface area contributed by atoms with Crippen LogP contribution in [-0.4, -0.2) is 36.6 Å². The maximum absolute atomic E-state index is 12.3. The summed E-state index contributed by atoms with van der Waals surface area (Å²) in [6.45, 7) is 2.48.